The van der Waals surface area contributed by atoms with E-state index in [1.807, 2.05) is 6.26 Å². The van der Waals surface area contributed by atoms with Gasteiger partial charge in [0.05, 0.1) is 4.92 Å². The molecule has 1 aromatic carbocycles. The minimum absolute atomic E-state index is 0.124. The summed E-state index contributed by atoms with van der Waals surface area (Å²) >= 11 is 1.47. The topological polar surface area (TPSA) is 72.2 Å². The lowest BCUT2D eigenvalue weighted by Crippen LogP contribution is -2.35. The summed E-state index contributed by atoms with van der Waals surface area (Å²) in [4.78, 5) is 24.0. The van der Waals surface area contributed by atoms with Crippen molar-refractivity contribution in [2.45, 2.75) is 55.9 Å². The van der Waals surface area contributed by atoms with Gasteiger partial charge in [0, 0.05) is 17.0 Å². The third-order valence-electron chi connectivity index (χ3n) is 4.09. The molecule has 22 heavy (non-hydrogen) atoms. The predicted octanol–water partition coefficient (Wildman–Crippen LogP) is 4.16. The molecule has 0 saturated heterocycles. The van der Waals surface area contributed by atoms with E-state index < -0.39 is 4.92 Å². The summed E-state index contributed by atoms with van der Waals surface area (Å²) in [6.07, 6.45) is 9.70. The lowest BCUT2D eigenvalue weighted by Gasteiger charge is -2.21. The largest absolute Gasteiger partial charge is 0.349 e. The molecule has 120 valence electrons. The van der Waals surface area contributed by atoms with Crippen molar-refractivity contribution in [3.05, 3.63) is 33.9 Å². The van der Waals surface area contributed by atoms with Crippen molar-refractivity contribution >= 4 is 23.4 Å². The van der Waals surface area contributed by atoms with Crippen LogP contribution in [-0.2, 0) is 0 Å². The molecule has 1 N–H and O–H groups in total. The standard InChI is InChI=1S/C16H22N2O3S/c1-22-13-9-10-15(18(20)21)14(11-13)16(19)17-12-7-5-3-2-4-6-8-12/h9-12H,2-8H2,1H3,(H,17,19). The highest BCUT2D eigenvalue weighted by Crippen LogP contribution is 2.25. The molecular formula is C16H22N2O3S. The predicted molar refractivity (Wildman–Crippen MR) is 88.5 cm³/mol. The SMILES string of the molecule is CSc1ccc([N+](=O)[O-])c(C(=O)NC2CCCCCCC2)c1. The number of hydrogen-bond donors (Lipinski definition) is 1. The fourth-order valence-corrected chi connectivity index (χ4v) is 3.29. The van der Waals surface area contributed by atoms with Crippen molar-refractivity contribution in [3.63, 3.8) is 0 Å². The van der Waals surface area contributed by atoms with Gasteiger partial charge in [-0.3, -0.25) is 14.9 Å². The highest BCUT2D eigenvalue weighted by Gasteiger charge is 2.23. The van der Waals surface area contributed by atoms with Crippen LogP contribution in [0, 0.1) is 10.1 Å². The van der Waals surface area contributed by atoms with Crippen LogP contribution in [0.1, 0.15) is 55.3 Å². The Kier molecular flexibility index (Phi) is 6.24. The molecule has 1 fully saturated rings. The van der Waals surface area contributed by atoms with E-state index in [4.69, 9.17) is 0 Å². The molecule has 0 spiro atoms. The average molecular weight is 322 g/mol. The quantitative estimate of drug-likeness (QED) is 0.513. The van der Waals surface area contributed by atoms with E-state index in [1.54, 1.807) is 12.1 Å². The Labute approximate surface area is 135 Å². The Morgan fingerprint density at radius 1 is 1.23 bits per heavy atom. The Bertz CT molecular complexity index is 540. The summed E-state index contributed by atoms with van der Waals surface area (Å²) in [5, 5.41) is 14.1. The lowest BCUT2D eigenvalue weighted by molar-refractivity contribution is -0.385. The van der Waals surface area contributed by atoms with Crippen molar-refractivity contribution in [3.8, 4) is 0 Å². The normalized spacial score (nSPS) is 16.6. The average Bonchev–Trinajstić information content (AvgIpc) is 2.48. The number of nitro benzene ring substituents is 1. The number of nitrogens with zero attached hydrogens (tertiary/aromatic N) is 1. The van der Waals surface area contributed by atoms with Crippen LogP contribution >= 0.6 is 11.8 Å². The highest BCUT2D eigenvalue weighted by atomic mass is 32.2. The zero-order valence-electron chi connectivity index (χ0n) is 12.8. The van der Waals surface area contributed by atoms with Crippen molar-refractivity contribution in [2.75, 3.05) is 6.26 Å². The molecule has 0 aliphatic heterocycles. The summed E-state index contributed by atoms with van der Waals surface area (Å²) < 4.78 is 0. The summed E-state index contributed by atoms with van der Waals surface area (Å²) in [6, 6.07) is 4.83. The number of benzene rings is 1. The Morgan fingerprint density at radius 3 is 2.45 bits per heavy atom. The molecule has 0 radical (unpaired) electrons. The molecule has 0 bridgehead atoms. The van der Waals surface area contributed by atoms with Crippen LogP contribution in [0.4, 0.5) is 5.69 Å². The van der Waals surface area contributed by atoms with Crippen LogP contribution in [0.15, 0.2) is 23.1 Å². The van der Waals surface area contributed by atoms with E-state index in [9.17, 15) is 14.9 Å². The maximum absolute atomic E-state index is 12.5. The maximum Gasteiger partial charge on any atom is 0.282 e. The zero-order chi connectivity index (χ0) is 15.9. The van der Waals surface area contributed by atoms with Gasteiger partial charge in [0.15, 0.2) is 0 Å². The number of nitrogens with one attached hydrogen (secondary N) is 1. The Balaban J connectivity index is 2.14. The molecule has 0 aromatic heterocycles. The number of rotatable bonds is 4. The van der Waals surface area contributed by atoms with Gasteiger partial charge in [0.25, 0.3) is 11.6 Å². The van der Waals surface area contributed by atoms with Crippen molar-refractivity contribution < 1.29 is 9.72 Å². The number of hydrogen-bond acceptors (Lipinski definition) is 4. The first-order valence-corrected chi connectivity index (χ1v) is 8.97. The maximum atomic E-state index is 12.5. The van der Waals surface area contributed by atoms with Gasteiger partial charge >= 0.3 is 0 Å². The third kappa shape index (κ3) is 4.47. The van der Waals surface area contributed by atoms with E-state index in [0.29, 0.717) is 0 Å². The summed E-state index contributed by atoms with van der Waals surface area (Å²) in [5.74, 6) is -0.326. The first kappa shape index (κ1) is 16.8. The number of thioether (sulfide) groups is 1. The van der Waals surface area contributed by atoms with E-state index in [2.05, 4.69) is 5.32 Å². The van der Waals surface area contributed by atoms with Crippen molar-refractivity contribution in [2.24, 2.45) is 0 Å². The van der Waals surface area contributed by atoms with Crippen LogP contribution in [0.2, 0.25) is 0 Å². The van der Waals surface area contributed by atoms with Crippen molar-refractivity contribution in [1.29, 1.82) is 0 Å². The van der Waals surface area contributed by atoms with Crippen LogP contribution in [0.25, 0.3) is 0 Å². The minimum atomic E-state index is -0.489. The monoisotopic (exact) mass is 322 g/mol. The van der Waals surface area contributed by atoms with Crippen LogP contribution in [0.5, 0.6) is 0 Å². The van der Waals surface area contributed by atoms with E-state index >= 15 is 0 Å². The molecule has 1 aliphatic carbocycles. The zero-order valence-corrected chi connectivity index (χ0v) is 13.7. The smallest absolute Gasteiger partial charge is 0.282 e. The molecule has 1 amide bonds. The molecule has 1 aliphatic rings. The molecule has 2 rings (SSSR count). The van der Waals surface area contributed by atoms with Gasteiger partial charge in [0.1, 0.15) is 5.56 Å². The molecule has 1 aromatic rings. The number of carbonyl (C=O) groups excluding carboxylic acids is 1. The van der Waals surface area contributed by atoms with Gasteiger partial charge < -0.3 is 5.32 Å². The first-order chi connectivity index (χ1) is 10.6. The van der Waals surface area contributed by atoms with Crippen LogP contribution in [0.3, 0.4) is 0 Å². The van der Waals surface area contributed by atoms with Crippen molar-refractivity contribution in [1.82, 2.24) is 5.32 Å². The molecule has 0 unspecified atom stereocenters. The lowest BCUT2D eigenvalue weighted by atomic mass is 9.96. The third-order valence-corrected chi connectivity index (χ3v) is 4.81. The van der Waals surface area contributed by atoms with Gasteiger partial charge in [0.2, 0.25) is 0 Å². The van der Waals surface area contributed by atoms with E-state index in [0.717, 1.165) is 30.6 Å². The Morgan fingerprint density at radius 2 is 1.86 bits per heavy atom. The molecule has 5 nitrogen and oxygen atoms in total. The minimum Gasteiger partial charge on any atom is -0.349 e. The van der Waals surface area contributed by atoms with Crippen LogP contribution < -0.4 is 5.32 Å². The number of amides is 1. The second-order valence-corrected chi connectivity index (χ2v) is 6.54. The van der Waals surface area contributed by atoms with Gasteiger partial charge in [-0.15, -0.1) is 11.8 Å². The number of carbonyl (C=O) groups is 1. The number of nitro groups is 1. The summed E-state index contributed by atoms with van der Waals surface area (Å²) in [7, 11) is 0. The molecular weight excluding hydrogens is 300 g/mol. The fraction of sp³-hybridized carbons (Fsp3) is 0.562. The summed E-state index contributed by atoms with van der Waals surface area (Å²) in [5.41, 5.74) is 0.0417. The highest BCUT2D eigenvalue weighted by molar-refractivity contribution is 7.98. The second kappa shape index (κ2) is 8.17. The first-order valence-electron chi connectivity index (χ1n) is 7.75. The molecule has 6 heteroatoms. The van der Waals surface area contributed by atoms with Crippen LogP contribution in [-0.4, -0.2) is 23.1 Å². The van der Waals surface area contributed by atoms with Gasteiger partial charge in [-0.2, -0.15) is 0 Å². The van der Waals surface area contributed by atoms with Gasteiger partial charge in [-0.1, -0.05) is 32.1 Å². The molecule has 0 atom stereocenters. The molecule has 1 saturated carbocycles. The van der Waals surface area contributed by atoms with Gasteiger partial charge in [-0.05, 0) is 31.2 Å². The van der Waals surface area contributed by atoms with E-state index in [-0.39, 0.29) is 23.2 Å². The van der Waals surface area contributed by atoms with Gasteiger partial charge in [-0.25, -0.2) is 0 Å². The Hall–Kier alpha value is -1.56. The molecule has 0 heterocycles. The van der Waals surface area contributed by atoms with E-state index in [1.165, 1.54) is 37.1 Å². The second-order valence-electron chi connectivity index (χ2n) is 5.66. The summed E-state index contributed by atoms with van der Waals surface area (Å²) in [6.45, 7) is 0. The fourth-order valence-electron chi connectivity index (χ4n) is 2.85.